The van der Waals surface area contributed by atoms with Crippen molar-refractivity contribution in [2.75, 3.05) is 19.7 Å². The average Bonchev–Trinajstić information content (AvgIpc) is 3.61. The summed E-state index contributed by atoms with van der Waals surface area (Å²) in [6.07, 6.45) is 3.71. The quantitative estimate of drug-likeness (QED) is 0.565. The van der Waals surface area contributed by atoms with Crippen LogP contribution in [0, 0.1) is 0 Å². The Morgan fingerprint density at radius 2 is 1.76 bits per heavy atom. The summed E-state index contributed by atoms with van der Waals surface area (Å²) in [4.78, 5) is 42.8. The smallest absolute Gasteiger partial charge is 0.261 e. The molecule has 0 bridgehead atoms. The first kappa shape index (κ1) is 20.9. The highest BCUT2D eigenvalue weighted by Gasteiger charge is 2.39. The molecule has 3 aromatic rings. The topological polar surface area (TPSA) is 71.9 Å². The minimum Gasteiger partial charge on any atom is -0.376 e. The van der Waals surface area contributed by atoms with Crippen molar-refractivity contribution in [2.45, 2.75) is 31.5 Å². The molecule has 3 amide bonds. The van der Waals surface area contributed by atoms with Gasteiger partial charge in [0.2, 0.25) is 0 Å². The van der Waals surface area contributed by atoms with Gasteiger partial charge in [0.25, 0.3) is 17.7 Å². The van der Waals surface area contributed by atoms with Crippen LogP contribution in [0.25, 0.3) is 0 Å². The van der Waals surface area contributed by atoms with Crippen LogP contribution in [0.1, 0.15) is 61.2 Å². The third-order valence-corrected chi connectivity index (χ3v) is 7.04. The van der Waals surface area contributed by atoms with Crippen molar-refractivity contribution in [2.24, 2.45) is 0 Å². The van der Waals surface area contributed by atoms with Crippen LogP contribution in [0.2, 0.25) is 0 Å². The Kier molecular flexibility index (Phi) is 5.07. The van der Waals surface area contributed by atoms with E-state index in [-0.39, 0.29) is 36.4 Å². The van der Waals surface area contributed by atoms with Crippen molar-refractivity contribution >= 4 is 17.7 Å². The summed E-state index contributed by atoms with van der Waals surface area (Å²) >= 11 is 0. The van der Waals surface area contributed by atoms with Crippen LogP contribution in [0.4, 0.5) is 0 Å². The maximum atomic E-state index is 13.8. The van der Waals surface area contributed by atoms with Gasteiger partial charge < -0.3 is 14.2 Å². The SMILES string of the molecule is O=C1c2ccc(C(=O)N3CCn4cccc4C3c3ccccc3)cc2C(=O)N1CC1CCCO1. The van der Waals surface area contributed by atoms with Crippen LogP contribution in [0.15, 0.2) is 66.9 Å². The molecule has 2 unspecified atom stereocenters. The van der Waals surface area contributed by atoms with Crippen molar-refractivity contribution in [3.8, 4) is 0 Å². The Morgan fingerprint density at radius 1 is 0.941 bits per heavy atom. The summed E-state index contributed by atoms with van der Waals surface area (Å²) in [7, 11) is 0. The van der Waals surface area contributed by atoms with Gasteiger partial charge in [0, 0.05) is 37.2 Å². The Balaban J connectivity index is 1.31. The second-order valence-electron chi connectivity index (χ2n) is 9.05. The number of rotatable bonds is 4. The molecule has 6 rings (SSSR count). The highest BCUT2D eigenvalue weighted by molar-refractivity contribution is 6.22. The number of amides is 3. The van der Waals surface area contributed by atoms with Crippen LogP contribution in [-0.4, -0.2) is 57.9 Å². The number of nitrogens with zero attached hydrogens (tertiary/aromatic N) is 3. The number of benzene rings is 2. The van der Waals surface area contributed by atoms with Crippen molar-refractivity contribution in [3.05, 3.63) is 94.8 Å². The fourth-order valence-corrected chi connectivity index (χ4v) is 5.34. The number of ether oxygens (including phenoxy) is 1. The Labute approximate surface area is 197 Å². The molecule has 7 nitrogen and oxygen atoms in total. The molecule has 0 spiro atoms. The lowest BCUT2D eigenvalue weighted by Crippen LogP contribution is -2.42. The van der Waals surface area contributed by atoms with Gasteiger partial charge in [0.05, 0.1) is 29.8 Å². The molecule has 2 aromatic carbocycles. The first-order chi connectivity index (χ1) is 16.6. The van der Waals surface area contributed by atoms with E-state index in [1.807, 2.05) is 53.6 Å². The van der Waals surface area contributed by atoms with Crippen LogP contribution in [0.3, 0.4) is 0 Å². The Bertz CT molecular complexity index is 1280. The van der Waals surface area contributed by atoms with Crippen LogP contribution in [0.5, 0.6) is 0 Å². The lowest BCUT2D eigenvalue weighted by molar-refractivity contribution is 0.0475. The van der Waals surface area contributed by atoms with Crippen LogP contribution >= 0.6 is 0 Å². The Morgan fingerprint density at radius 3 is 2.56 bits per heavy atom. The molecule has 0 saturated carbocycles. The molecule has 2 atom stereocenters. The van der Waals surface area contributed by atoms with E-state index in [0.717, 1.165) is 24.1 Å². The molecule has 0 radical (unpaired) electrons. The predicted molar refractivity (Wildman–Crippen MR) is 125 cm³/mol. The summed E-state index contributed by atoms with van der Waals surface area (Å²) in [5.74, 6) is -0.813. The maximum absolute atomic E-state index is 13.8. The number of hydrogen-bond acceptors (Lipinski definition) is 4. The molecule has 0 N–H and O–H groups in total. The summed E-state index contributed by atoms with van der Waals surface area (Å²) in [6, 6.07) is 18.7. The molecular weight excluding hydrogens is 430 g/mol. The molecule has 1 saturated heterocycles. The zero-order chi connectivity index (χ0) is 23.2. The monoisotopic (exact) mass is 455 g/mol. The van der Waals surface area contributed by atoms with Gasteiger partial charge in [-0.2, -0.15) is 0 Å². The van der Waals surface area contributed by atoms with E-state index in [9.17, 15) is 14.4 Å². The molecule has 4 heterocycles. The van der Waals surface area contributed by atoms with Crippen molar-refractivity contribution in [1.29, 1.82) is 0 Å². The van der Waals surface area contributed by atoms with E-state index in [1.165, 1.54) is 4.90 Å². The van der Waals surface area contributed by atoms with Gasteiger partial charge >= 0.3 is 0 Å². The normalized spacial score (nSPS) is 21.6. The first-order valence-corrected chi connectivity index (χ1v) is 11.7. The Hall–Kier alpha value is -3.71. The van der Waals surface area contributed by atoms with E-state index in [1.54, 1.807) is 18.2 Å². The highest BCUT2D eigenvalue weighted by atomic mass is 16.5. The lowest BCUT2D eigenvalue weighted by Gasteiger charge is -2.37. The summed E-state index contributed by atoms with van der Waals surface area (Å²) in [5.41, 5.74) is 3.16. The molecule has 3 aliphatic heterocycles. The molecule has 1 aromatic heterocycles. The lowest BCUT2D eigenvalue weighted by atomic mass is 9.98. The minimum atomic E-state index is -0.350. The van der Waals surface area contributed by atoms with E-state index < -0.39 is 0 Å². The summed E-state index contributed by atoms with van der Waals surface area (Å²) in [5, 5.41) is 0. The van der Waals surface area contributed by atoms with Crippen molar-refractivity contribution < 1.29 is 19.1 Å². The number of carbonyl (C=O) groups excluding carboxylic acids is 3. The molecule has 7 heteroatoms. The number of imide groups is 1. The number of hydrogen-bond donors (Lipinski definition) is 0. The van der Waals surface area contributed by atoms with Gasteiger partial charge in [0.15, 0.2) is 0 Å². The highest BCUT2D eigenvalue weighted by Crippen LogP contribution is 2.34. The number of fused-ring (bicyclic) bond motifs is 2. The fraction of sp³-hybridized carbons (Fsp3) is 0.296. The molecule has 172 valence electrons. The zero-order valence-electron chi connectivity index (χ0n) is 18.7. The van der Waals surface area contributed by atoms with Crippen molar-refractivity contribution in [3.63, 3.8) is 0 Å². The largest absolute Gasteiger partial charge is 0.376 e. The number of aromatic nitrogens is 1. The molecular formula is C27H25N3O4. The van der Waals surface area contributed by atoms with Gasteiger partial charge in [-0.1, -0.05) is 30.3 Å². The molecule has 1 fully saturated rings. The third kappa shape index (κ3) is 3.35. The van der Waals surface area contributed by atoms with Gasteiger partial charge in [-0.15, -0.1) is 0 Å². The van der Waals surface area contributed by atoms with Gasteiger partial charge in [-0.05, 0) is 48.7 Å². The van der Waals surface area contributed by atoms with Gasteiger partial charge in [0.1, 0.15) is 0 Å². The maximum Gasteiger partial charge on any atom is 0.261 e. The van der Waals surface area contributed by atoms with Crippen LogP contribution < -0.4 is 0 Å². The second kappa shape index (κ2) is 8.25. The molecule has 3 aliphatic rings. The number of carbonyl (C=O) groups is 3. The fourth-order valence-electron chi connectivity index (χ4n) is 5.34. The summed E-state index contributed by atoms with van der Waals surface area (Å²) in [6.45, 7) is 2.17. The third-order valence-electron chi connectivity index (χ3n) is 7.04. The predicted octanol–water partition coefficient (Wildman–Crippen LogP) is 3.51. The van der Waals surface area contributed by atoms with E-state index in [0.29, 0.717) is 36.4 Å². The average molecular weight is 456 g/mol. The molecule has 34 heavy (non-hydrogen) atoms. The van der Waals surface area contributed by atoms with Crippen LogP contribution in [-0.2, 0) is 11.3 Å². The minimum absolute atomic E-state index is 0.112. The van der Waals surface area contributed by atoms with E-state index in [2.05, 4.69) is 4.57 Å². The van der Waals surface area contributed by atoms with Gasteiger partial charge in [-0.3, -0.25) is 19.3 Å². The van der Waals surface area contributed by atoms with Gasteiger partial charge in [-0.25, -0.2) is 0 Å². The van der Waals surface area contributed by atoms with Crippen molar-refractivity contribution in [1.82, 2.24) is 14.4 Å². The molecule has 0 aliphatic carbocycles. The van der Waals surface area contributed by atoms with E-state index >= 15 is 0 Å². The van der Waals surface area contributed by atoms with E-state index in [4.69, 9.17) is 4.74 Å². The summed E-state index contributed by atoms with van der Waals surface area (Å²) < 4.78 is 7.79. The second-order valence-corrected chi connectivity index (χ2v) is 9.05. The zero-order valence-corrected chi connectivity index (χ0v) is 18.7. The first-order valence-electron chi connectivity index (χ1n) is 11.7. The standard InChI is InChI=1S/C27H25N3O4/c31-25(29-14-13-28-12-4-9-23(28)24(29)18-6-2-1-3-7-18)19-10-11-21-22(16-19)27(33)30(26(21)32)17-20-8-5-15-34-20/h1-4,6-7,9-12,16,20,24H,5,8,13-15,17H2.